The van der Waals surface area contributed by atoms with Gasteiger partial charge in [-0.05, 0) is 35.9 Å². The molecule has 6 nitrogen and oxygen atoms in total. The van der Waals surface area contributed by atoms with E-state index in [-0.39, 0.29) is 10.6 Å². The first-order valence-electron chi connectivity index (χ1n) is 7.85. The zero-order valence-electron chi connectivity index (χ0n) is 14.7. The topological polar surface area (TPSA) is 72.6 Å². The second kappa shape index (κ2) is 7.64. The molecule has 2 aromatic carbocycles. The summed E-state index contributed by atoms with van der Waals surface area (Å²) in [6, 6.07) is 9.89. The quantitative estimate of drug-likeness (QED) is 0.542. The maximum absolute atomic E-state index is 12.2. The number of aromatic nitrogens is 1. The number of halogens is 3. The molecule has 0 N–H and O–H groups in total. The van der Waals surface area contributed by atoms with Crippen molar-refractivity contribution in [1.82, 2.24) is 9.29 Å². The van der Waals surface area contributed by atoms with E-state index in [1.165, 1.54) is 68.3 Å². The zero-order chi connectivity index (χ0) is 20.5. The van der Waals surface area contributed by atoms with E-state index in [9.17, 15) is 21.6 Å². The van der Waals surface area contributed by atoms with E-state index in [2.05, 4.69) is 9.72 Å². The van der Waals surface area contributed by atoms with Gasteiger partial charge in [0.05, 0.1) is 4.90 Å². The Bertz CT molecular complexity index is 1080. The second-order valence-corrected chi connectivity index (χ2v) is 8.96. The first-order valence-corrected chi connectivity index (χ1v) is 10.3. The molecule has 28 heavy (non-hydrogen) atoms. The first-order chi connectivity index (χ1) is 13.0. The zero-order valence-corrected chi connectivity index (χ0v) is 16.4. The van der Waals surface area contributed by atoms with Crippen molar-refractivity contribution in [1.29, 1.82) is 0 Å². The fourth-order valence-electron chi connectivity index (χ4n) is 2.25. The van der Waals surface area contributed by atoms with Crippen LogP contribution < -0.4 is 4.74 Å². The molecule has 0 saturated carbocycles. The van der Waals surface area contributed by atoms with Crippen molar-refractivity contribution in [2.24, 2.45) is 0 Å². The molecule has 0 fully saturated rings. The Morgan fingerprint density at radius 2 is 1.82 bits per heavy atom. The van der Waals surface area contributed by atoms with Crippen LogP contribution >= 0.6 is 11.8 Å². The van der Waals surface area contributed by atoms with Gasteiger partial charge in [-0.3, -0.25) is 0 Å². The number of hydrogen-bond acceptors (Lipinski definition) is 6. The molecule has 0 atom stereocenters. The molecule has 3 aromatic rings. The molecule has 1 aromatic heterocycles. The number of sulfonamides is 1. The molecule has 150 valence electrons. The van der Waals surface area contributed by atoms with Crippen molar-refractivity contribution < 1.29 is 30.7 Å². The molecule has 1 heterocycles. The minimum Gasteiger partial charge on any atom is -0.431 e. The lowest BCUT2D eigenvalue weighted by Gasteiger charge is -2.10. The minimum atomic E-state index is -4.73. The summed E-state index contributed by atoms with van der Waals surface area (Å²) in [6.45, 7) is 0. The Morgan fingerprint density at radius 3 is 2.43 bits per heavy atom. The van der Waals surface area contributed by atoms with Crippen LogP contribution in [0.5, 0.6) is 5.75 Å². The van der Waals surface area contributed by atoms with E-state index in [0.717, 1.165) is 9.87 Å². The highest BCUT2D eigenvalue weighted by molar-refractivity contribution is 7.98. The minimum absolute atomic E-state index is 0.107. The van der Waals surface area contributed by atoms with Crippen LogP contribution in [0.1, 0.15) is 5.56 Å². The number of nitrogens with zero attached hydrogens (tertiary/aromatic N) is 2. The summed E-state index contributed by atoms with van der Waals surface area (Å²) in [5, 5.41) is 0.324. The summed E-state index contributed by atoms with van der Waals surface area (Å²) in [5.74, 6) is 0.111. The summed E-state index contributed by atoms with van der Waals surface area (Å²) >= 11 is 1.24. The van der Waals surface area contributed by atoms with Gasteiger partial charge in [-0.25, -0.2) is 17.7 Å². The van der Waals surface area contributed by atoms with E-state index in [4.69, 9.17) is 4.42 Å². The molecule has 0 amide bonds. The predicted molar refractivity (Wildman–Crippen MR) is 97.6 cm³/mol. The lowest BCUT2D eigenvalue weighted by Crippen LogP contribution is -2.22. The van der Waals surface area contributed by atoms with Gasteiger partial charge in [-0.15, -0.1) is 13.2 Å². The van der Waals surface area contributed by atoms with E-state index < -0.39 is 16.4 Å². The van der Waals surface area contributed by atoms with E-state index in [1.54, 1.807) is 0 Å². The van der Waals surface area contributed by atoms with Gasteiger partial charge in [0, 0.05) is 19.8 Å². The second-order valence-electron chi connectivity index (χ2n) is 5.88. The van der Waals surface area contributed by atoms with Gasteiger partial charge in [-0.1, -0.05) is 23.9 Å². The third-order valence-electron chi connectivity index (χ3n) is 3.64. The van der Waals surface area contributed by atoms with Crippen LogP contribution in [-0.4, -0.2) is 38.2 Å². The maximum atomic E-state index is 12.2. The standard InChI is InChI=1S/C17H15F3N2O4S2/c1-22(2)28(23,24)13-7-8-15-14(9-13)21-16(25-15)27-10-11-3-5-12(6-4-11)26-17(18,19)20/h3-9H,10H2,1-2H3. The van der Waals surface area contributed by atoms with Gasteiger partial charge < -0.3 is 9.15 Å². The van der Waals surface area contributed by atoms with Crippen molar-refractivity contribution >= 4 is 32.9 Å². The Morgan fingerprint density at radius 1 is 1.14 bits per heavy atom. The summed E-state index contributed by atoms with van der Waals surface area (Å²) in [7, 11) is -0.700. The van der Waals surface area contributed by atoms with Crippen LogP contribution in [-0.2, 0) is 15.8 Å². The smallest absolute Gasteiger partial charge is 0.431 e. The first kappa shape index (κ1) is 20.5. The lowest BCUT2D eigenvalue weighted by molar-refractivity contribution is -0.274. The number of hydrogen-bond donors (Lipinski definition) is 0. The lowest BCUT2D eigenvalue weighted by atomic mass is 10.2. The number of benzene rings is 2. The number of ether oxygens (including phenoxy) is 1. The van der Waals surface area contributed by atoms with Gasteiger partial charge in [0.1, 0.15) is 11.3 Å². The largest absolute Gasteiger partial charge is 0.573 e. The molecule has 0 aliphatic rings. The SMILES string of the molecule is CN(C)S(=O)(=O)c1ccc2oc(SCc3ccc(OC(F)(F)F)cc3)nc2c1. The summed E-state index contributed by atoms with van der Waals surface area (Å²) in [6.07, 6.45) is -4.73. The Balaban J connectivity index is 1.71. The van der Waals surface area contributed by atoms with Gasteiger partial charge in [0.2, 0.25) is 10.0 Å². The third kappa shape index (κ3) is 4.78. The van der Waals surface area contributed by atoms with Crippen LogP contribution in [0.15, 0.2) is 57.0 Å². The van der Waals surface area contributed by atoms with Gasteiger partial charge in [0.15, 0.2) is 5.58 Å². The van der Waals surface area contributed by atoms with Crippen molar-refractivity contribution in [2.75, 3.05) is 14.1 Å². The Kier molecular flexibility index (Phi) is 5.60. The fourth-order valence-corrected chi connectivity index (χ4v) is 3.97. The van der Waals surface area contributed by atoms with Crippen LogP contribution in [0.2, 0.25) is 0 Å². The summed E-state index contributed by atoms with van der Waals surface area (Å²) < 4.78 is 71.4. The van der Waals surface area contributed by atoms with Crippen molar-refractivity contribution in [2.45, 2.75) is 22.2 Å². The molecule has 0 aliphatic carbocycles. The van der Waals surface area contributed by atoms with Gasteiger partial charge in [-0.2, -0.15) is 0 Å². The van der Waals surface area contributed by atoms with Crippen LogP contribution in [0.25, 0.3) is 11.1 Å². The molecule has 0 saturated heterocycles. The monoisotopic (exact) mass is 432 g/mol. The van der Waals surface area contributed by atoms with Crippen molar-refractivity contribution in [3.05, 3.63) is 48.0 Å². The molecule has 0 aliphatic heterocycles. The summed E-state index contributed by atoms with van der Waals surface area (Å²) in [5.41, 5.74) is 1.59. The number of rotatable bonds is 6. The third-order valence-corrected chi connectivity index (χ3v) is 6.35. The van der Waals surface area contributed by atoms with Gasteiger partial charge in [0.25, 0.3) is 5.22 Å². The highest BCUT2D eigenvalue weighted by atomic mass is 32.2. The van der Waals surface area contributed by atoms with Gasteiger partial charge >= 0.3 is 6.36 Å². The average Bonchev–Trinajstić information content (AvgIpc) is 3.01. The van der Waals surface area contributed by atoms with Crippen LogP contribution in [0, 0.1) is 0 Å². The highest BCUT2D eigenvalue weighted by Crippen LogP contribution is 2.29. The van der Waals surface area contributed by atoms with E-state index in [1.807, 2.05) is 0 Å². The van der Waals surface area contributed by atoms with E-state index in [0.29, 0.717) is 22.1 Å². The molecule has 0 radical (unpaired) electrons. The molecule has 0 bridgehead atoms. The fraction of sp³-hybridized carbons (Fsp3) is 0.235. The predicted octanol–water partition coefficient (Wildman–Crippen LogP) is 4.27. The maximum Gasteiger partial charge on any atom is 0.573 e. The molecular formula is C17H15F3N2O4S2. The average molecular weight is 432 g/mol. The van der Waals surface area contributed by atoms with Crippen molar-refractivity contribution in [3.63, 3.8) is 0 Å². The van der Waals surface area contributed by atoms with Crippen molar-refractivity contribution in [3.8, 4) is 5.75 Å². The van der Waals surface area contributed by atoms with E-state index >= 15 is 0 Å². The molecule has 0 spiro atoms. The highest BCUT2D eigenvalue weighted by Gasteiger charge is 2.30. The number of alkyl halides is 3. The molecular weight excluding hydrogens is 417 g/mol. The van der Waals surface area contributed by atoms with Crippen LogP contribution in [0.4, 0.5) is 13.2 Å². The summed E-state index contributed by atoms with van der Waals surface area (Å²) in [4.78, 5) is 4.37. The normalized spacial score (nSPS) is 12.6. The number of thioether (sulfide) groups is 1. The number of fused-ring (bicyclic) bond motifs is 1. The molecule has 0 unspecified atom stereocenters. The molecule has 3 rings (SSSR count). The molecule has 11 heteroatoms. The Labute approximate surface area is 163 Å². The Hall–Kier alpha value is -2.24. The van der Waals surface area contributed by atoms with Crippen LogP contribution in [0.3, 0.4) is 0 Å². The number of oxazole rings is 1.